The third kappa shape index (κ3) is 3.58. The molecule has 0 aliphatic carbocycles. The van der Waals surface area contributed by atoms with E-state index in [0.29, 0.717) is 0 Å². The summed E-state index contributed by atoms with van der Waals surface area (Å²) in [6.07, 6.45) is 3.97. The van der Waals surface area contributed by atoms with Crippen LogP contribution < -0.4 is 10.6 Å². The molecule has 6 heteroatoms. The number of hydrogen-bond acceptors (Lipinski definition) is 2. The first-order valence-corrected chi connectivity index (χ1v) is 8.84. The van der Waals surface area contributed by atoms with E-state index in [-0.39, 0.29) is 11.7 Å². The van der Waals surface area contributed by atoms with E-state index in [1.165, 1.54) is 17.0 Å². The Labute approximate surface area is 150 Å². The van der Waals surface area contributed by atoms with Crippen LogP contribution in [0.5, 0.6) is 0 Å². The summed E-state index contributed by atoms with van der Waals surface area (Å²) in [5.74, 6) is -0.458. The number of para-hydroxylation sites is 1. The first kappa shape index (κ1) is 17.2. The molecule has 0 radical (unpaired) electrons. The Balaban J connectivity index is 1.81. The molecule has 1 aromatic carbocycles. The molecule has 130 valence electrons. The third-order valence-electron chi connectivity index (χ3n) is 4.15. The molecule has 2 heterocycles. The van der Waals surface area contributed by atoms with Crippen LogP contribution in [0.15, 0.2) is 48.8 Å². The van der Waals surface area contributed by atoms with Crippen LogP contribution in [-0.4, -0.2) is 10.6 Å². The van der Waals surface area contributed by atoms with Gasteiger partial charge in [0.15, 0.2) is 0 Å². The second kappa shape index (κ2) is 7.11. The maximum absolute atomic E-state index is 13.7. The minimum Gasteiger partial charge on any atom is -0.331 e. The molecular weight excluding hydrogens is 337 g/mol. The van der Waals surface area contributed by atoms with Crippen molar-refractivity contribution in [1.82, 2.24) is 9.88 Å². The highest BCUT2D eigenvalue weighted by molar-refractivity contribution is 7.14. The molecule has 0 aliphatic rings. The summed E-state index contributed by atoms with van der Waals surface area (Å²) >= 11 is 1.69. The van der Waals surface area contributed by atoms with Crippen LogP contribution >= 0.6 is 11.3 Å². The molecule has 1 atom stereocenters. The van der Waals surface area contributed by atoms with Gasteiger partial charge in [0, 0.05) is 22.8 Å². The topological polar surface area (TPSA) is 46.1 Å². The number of urea groups is 1. The van der Waals surface area contributed by atoms with Crippen LogP contribution in [0.25, 0.3) is 5.00 Å². The molecule has 2 amide bonds. The van der Waals surface area contributed by atoms with E-state index in [1.54, 1.807) is 23.5 Å². The predicted octanol–water partition coefficient (Wildman–Crippen LogP) is 5.18. The molecule has 0 spiro atoms. The third-order valence-corrected chi connectivity index (χ3v) is 5.39. The fraction of sp³-hybridized carbons (Fsp3) is 0.211. The average molecular weight is 357 g/mol. The smallest absolute Gasteiger partial charge is 0.319 e. The van der Waals surface area contributed by atoms with Crippen molar-refractivity contribution in [1.29, 1.82) is 0 Å². The minimum absolute atomic E-state index is 0.163. The standard InChI is InChI=1S/C19H20FN3OS/c1-12-14(3)25-18(23-10-6-7-11-23)17(12)13(2)21-19(24)22-16-9-5-4-8-15(16)20/h4-11,13H,1-3H3,(H2,21,22,24). The number of hydrogen-bond donors (Lipinski definition) is 2. The van der Waals surface area contributed by atoms with Gasteiger partial charge in [0.25, 0.3) is 0 Å². The number of carbonyl (C=O) groups is 1. The van der Waals surface area contributed by atoms with Crippen LogP contribution in [-0.2, 0) is 0 Å². The number of benzene rings is 1. The second-order valence-electron chi connectivity index (χ2n) is 5.89. The van der Waals surface area contributed by atoms with E-state index >= 15 is 0 Å². The van der Waals surface area contributed by atoms with Gasteiger partial charge in [0.05, 0.1) is 11.7 Å². The first-order chi connectivity index (χ1) is 12.0. The van der Waals surface area contributed by atoms with Gasteiger partial charge in [-0.1, -0.05) is 12.1 Å². The molecule has 1 unspecified atom stereocenters. The molecule has 2 N–H and O–H groups in total. The van der Waals surface area contributed by atoms with Crippen LogP contribution in [0.2, 0.25) is 0 Å². The SMILES string of the molecule is Cc1sc(-n2cccc2)c(C(C)NC(=O)Nc2ccccc2F)c1C. The van der Waals surface area contributed by atoms with Gasteiger partial charge in [0.1, 0.15) is 10.8 Å². The Morgan fingerprint density at radius 2 is 1.84 bits per heavy atom. The van der Waals surface area contributed by atoms with Crippen molar-refractivity contribution < 1.29 is 9.18 Å². The highest BCUT2D eigenvalue weighted by Gasteiger charge is 2.21. The van der Waals surface area contributed by atoms with Gasteiger partial charge in [0.2, 0.25) is 0 Å². The van der Waals surface area contributed by atoms with Gasteiger partial charge in [-0.25, -0.2) is 9.18 Å². The van der Waals surface area contributed by atoms with Gasteiger partial charge in [-0.3, -0.25) is 0 Å². The Kier molecular flexibility index (Phi) is 4.90. The first-order valence-electron chi connectivity index (χ1n) is 8.02. The zero-order chi connectivity index (χ0) is 18.0. The molecule has 0 aliphatic heterocycles. The van der Waals surface area contributed by atoms with Crippen molar-refractivity contribution >= 4 is 23.1 Å². The van der Waals surface area contributed by atoms with Crippen molar-refractivity contribution in [2.75, 3.05) is 5.32 Å². The molecular formula is C19H20FN3OS. The van der Waals surface area contributed by atoms with Crippen molar-refractivity contribution in [2.45, 2.75) is 26.8 Å². The Morgan fingerprint density at radius 3 is 2.52 bits per heavy atom. The molecule has 2 aromatic heterocycles. The summed E-state index contributed by atoms with van der Waals surface area (Å²) in [5, 5.41) is 6.55. The zero-order valence-corrected chi connectivity index (χ0v) is 15.2. The zero-order valence-electron chi connectivity index (χ0n) is 14.3. The van der Waals surface area contributed by atoms with Gasteiger partial charge >= 0.3 is 6.03 Å². The van der Waals surface area contributed by atoms with Crippen LogP contribution in [0.3, 0.4) is 0 Å². The number of nitrogens with zero attached hydrogens (tertiary/aromatic N) is 1. The maximum Gasteiger partial charge on any atom is 0.319 e. The summed E-state index contributed by atoms with van der Waals surface area (Å²) in [6.45, 7) is 6.06. The molecule has 3 aromatic rings. The molecule has 0 saturated carbocycles. The summed E-state index contributed by atoms with van der Waals surface area (Å²) in [4.78, 5) is 13.5. The monoisotopic (exact) mass is 357 g/mol. The van der Waals surface area contributed by atoms with E-state index in [0.717, 1.165) is 16.1 Å². The number of halogens is 1. The highest BCUT2D eigenvalue weighted by Crippen LogP contribution is 2.35. The van der Waals surface area contributed by atoms with Gasteiger partial charge in [-0.05, 0) is 50.6 Å². The minimum atomic E-state index is -0.458. The fourth-order valence-electron chi connectivity index (χ4n) is 2.79. The normalized spacial score (nSPS) is 12.0. The number of nitrogens with one attached hydrogen (secondary N) is 2. The number of thiophene rings is 1. The molecule has 0 fully saturated rings. The summed E-state index contributed by atoms with van der Waals surface area (Å²) in [7, 11) is 0. The highest BCUT2D eigenvalue weighted by atomic mass is 32.1. The van der Waals surface area contributed by atoms with Crippen molar-refractivity contribution in [3.05, 3.63) is 70.6 Å². The van der Waals surface area contributed by atoms with Gasteiger partial charge < -0.3 is 15.2 Å². The van der Waals surface area contributed by atoms with Crippen LogP contribution in [0.4, 0.5) is 14.9 Å². The largest absolute Gasteiger partial charge is 0.331 e. The Bertz CT molecular complexity index is 886. The number of carbonyl (C=O) groups excluding carboxylic acids is 1. The van der Waals surface area contributed by atoms with E-state index in [1.807, 2.05) is 36.0 Å². The lowest BCUT2D eigenvalue weighted by atomic mass is 10.1. The lowest BCUT2D eigenvalue weighted by Gasteiger charge is -2.17. The number of anilines is 1. The second-order valence-corrected chi connectivity index (χ2v) is 7.10. The summed E-state index contributed by atoms with van der Waals surface area (Å²) < 4.78 is 15.7. The molecule has 0 saturated heterocycles. The number of amides is 2. The van der Waals surface area contributed by atoms with E-state index in [2.05, 4.69) is 24.5 Å². The lowest BCUT2D eigenvalue weighted by Crippen LogP contribution is -2.32. The summed E-state index contributed by atoms with van der Waals surface area (Å²) in [6, 6.07) is 9.41. The van der Waals surface area contributed by atoms with Crippen molar-refractivity contribution in [2.24, 2.45) is 0 Å². The molecule has 3 rings (SSSR count). The van der Waals surface area contributed by atoms with E-state index in [9.17, 15) is 9.18 Å². The fourth-order valence-corrected chi connectivity index (χ4v) is 4.01. The van der Waals surface area contributed by atoms with Crippen LogP contribution in [0.1, 0.15) is 29.0 Å². The predicted molar refractivity (Wildman–Crippen MR) is 100 cm³/mol. The van der Waals surface area contributed by atoms with Gasteiger partial charge in [-0.2, -0.15) is 0 Å². The van der Waals surface area contributed by atoms with Crippen LogP contribution in [0, 0.1) is 19.7 Å². The average Bonchev–Trinajstić information content (AvgIpc) is 3.18. The summed E-state index contributed by atoms with van der Waals surface area (Å²) in [5.41, 5.74) is 2.39. The Hall–Kier alpha value is -2.60. The molecule has 4 nitrogen and oxygen atoms in total. The van der Waals surface area contributed by atoms with E-state index in [4.69, 9.17) is 0 Å². The maximum atomic E-state index is 13.7. The quantitative estimate of drug-likeness (QED) is 0.664. The molecule has 0 bridgehead atoms. The van der Waals surface area contributed by atoms with Crippen molar-refractivity contribution in [3.63, 3.8) is 0 Å². The Morgan fingerprint density at radius 1 is 1.16 bits per heavy atom. The number of aromatic nitrogens is 1. The van der Waals surface area contributed by atoms with Crippen molar-refractivity contribution in [3.8, 4) is 5.00 Å². The van der Waals surface area contributed by atoms with Gasteiger partial charge in [-0.15, -0.1) is 11.3 Å². The van der Waals surface area contributed by atoms with E-state index < -0.39 is 11.8 Å². The lowest BCUT2D eigenvalue weighted by molar-refractivity contribution is 0.249. The number of rotatable bonds is 4. The molecule has 25 heavy (non-hydrogen) atoms. The number of aryl methyl sites for hydroxylation is 1.